The summed E-state index contributed by atoms with van der Waals surface area (Å²) in [6.07, 6.45) is 1.71. The van der Waals surface area contributed by atoms with E-state index >= 15 is 0 Å². The predicted molar refractivity (Wildman–Crippen MR) is 38.8 cm³/mol. The van der Waals surface area contributed by atoms with Crippen LogP contribution in [0.15, 0.2) is 0 Å². The highest BCUT2D eigenvalue weighted by molar-refractivity contribution is 7.80. The molecule has 0 bridgehead atoms. The van der Waals surface area contributed by atoms with E-state index in [0.717, 1.165) is 27.9 Å². The SMILES string of the molecule is CCC(=S)OC[SiH3]. The summed E-state index contributed by atoms with van der Waals surface area (Å²) in [5.41, 5.74) is 0. The van der Waals surface area contributed by atoms with Gasteiger partial charge in [-0.15, -0.1) is 0 Å². The van der Waals surface area contributed by atoms with Crippen molar-refractivity contribution in [3.8, 4) is 0 Å². The van der Waals surface area contributed by atoms with Crippen LogP contribution in [0.1, 0.15) is 13.3 Å². The van der Waals surface area contributed by atoms with Gasteiger partial charge in [0.2, 0.25) is 0 Å². The van der Waals surface area contributed by atoms with Gasteiger partial charge in [0, 0.05) is 6.42 Å². The average molecular weight is 134 g/mol. The van der Waals surface area contributed by atoms with E-state index in [1.807, 2.05) is 6.92 Å². The average Bonchev–Trinajstić information content (AvgIpc) is 1.68. The Morgan fingerprint density at radius 1 is 1.86 bits per heavy atom. The van der Waals surface area contributed by atoms with Crippen LogP contribution < -0.4 is 0 Å². The first-order valence-corrected chi connectivity index (χ1v) is 4.29. The molecule has 7 heavy (non-hydrogen) atoms. The van der Waals surface area contributed by atoms with Crippen LogP contribution in [0.5, 0.6) is 0 Å². The number of hydrogen-bond acceptors (Lipinski definition) is 2. The number of ether oxygens (including phenoxy) is 1. The number of thiocarbonyl (C=S) groups is 1. The maximum atomic E-state index is 4.98. The summed E-state index contributed by atoms with van der Waals surface area (Å²) < 4.78 is 4.98. The van der Waals surface area contributed by atoms with Crippen LogP contribution >= 0.6 is 12.2 Å². The number of rotatable bonds is 2. The summed E-state index contributed by atoms with van der Waals surface area (Å²) in [5, 5.41) is 0.745. The molecular formula is C4H10OSSi. The highest BCUT2D eigenvalue weighted by Crippen LogP contribution is 1.84. The molecule has 0 N–H and O–H groups in total. The molecule has 0 saturated carbocycles. The van der Waals surface area contributed by atoms with Gasteiger partial charge < -0.3 is 4.74 Å². The Morgan fingerprint density at radius 3 is 2.57 bits per heavy atom. The second-order valence-corrected chi connectivity index (χ2v) is 2.19. The van der Waals surface area contributed by atoms with Gasteiger partial charge in [-0.25, -0.2) is 0 Å². The predicted octanol–water partition coefficient (Wildman–Crippen LogP) is 0.0633. The van der Waals surface area contributed by atoms with E-state index in [9.17, 15) is 0 Å². The second kappa shape index (κ2) is 4.27. The summed E-state index contributed by atoms with van der Waals surface area (Å²) in [6.45, 7) is 2.00. The zero-order valence-electron chi connectivity index (χ0n) is 4.73. The van der Waals surface area contributed by atoms with Crippen LogP contribution in [-0.2, 0) is 4.74 Å². The van der Waals surface area contributed by atoms with E-state index in [4.69, 9.17) is 17.0 Å². The molecule has 0 spiro atoms. The summed E-state index contributed by atoms with van der Waals surface area (Å²) in [4.78, 5) is 0. The van der Waals surface area contributed by atoms with Gasteiger partial charge in [0.15, 0.2) is 5.05 Å². The molecule has 0 aromatic rings. The van der Waals surface area contributed by atoms with Crippen molar-refractivity contribution < 1.29 is 4.74 Å². The minimum Gasteiger partial charge on any atom is -0.492 e. The van der Waals surface area contributed by atoms with Crippen molar-refractivity contribution in [2.24, 2.45) is 0 Å². The van der Waals surface area contributed by atoms with E-state index in [0.29, 0.717) is 0 Å². The molecular weight excluding hydrogens is 124 g/mol. The number of hydrogen-bond donors (Lipinski definition) is 0. The molecule has 0 radical (unpaired) electrons. The van der Waals surface area contributed by atoms with Crippen molar-refractivity contribution in [1.29, 1.82) is 0 Å². The quantitative estimate of drug-likeness (QED) is 0.390. The van der Waals surface area contributed by atoms with Crippen LogP contribution in [0.25, 0.3) is 0 Å². The van der Waals surface area contributed by atoms with Gasteiger partial charge in [-0.05, 0) is 12.2 Å². The highest BCUT2D eigenvalue weighted by Gasteiger charge is 1.85. The second-order valence-electron chi connectivity index (χ2n) is 1.16. The molecule has 0 amide bonds. The normalized spacial score (nSPS) is 8.71. The van der Waals surface area contributed by atoms with Gasteiger partial charge in [-0.2, -0.15) is 0 Å². The van der Waals surface area contributed by atoms with E-state index in [1.54, 1.807) is 0 Å². The Bertz CT molecular complexity index is 64.7. The Labute approximate surface area is 52.5 Å². The van der Waals surface area contributed by atoms with Gasteiger partial charge in [0.25, 0.3) is 0 Å². The molecule has 0 aromatic carbocycles. The minimum atomic E-state index is 0.745. The Kier molecular flexibility index (Phi) is 4.34. The lowest BCUT2D eigenvalue weighted by atomic mass is 10.5. The van der Waals surface area contributed by atoms with Gasteiger partial charge >= 0.3 is 0 Å². The molecule has 0 aliphatic carbocycles. The van der Waals surface area contributed by atoms with Gasteiger partial charge in [-0.1, -0.05) is 6.92 Å². The first-order valence-electron chi connectivity index (χ1n) is 2.46. The zero-order valence-corrected chi connectivity index (χ0v) is 7.55. The van der Waals surface area contributed by atoms with Crippen LogP contribution in [-0.4, -0.2) is 21.5 Å². The lowest BCUT2D eigenvalue weighted by molar-refractivity contribution is 0.376. The van der Waals surface area contributed by atoms with E-state index in [-0.39, 0.29) is 0 Å². The van der Waals surface area contributed by atoms with E-state index in [2.05, 4.69) is 0 Å². The molecule has 0 heterocycles. The fraction of sp³-hybridized carbons (Fsp3) is 0.750. The van der Waals surface area contributed by atoms with Crippen molar-refractivity contribution in [1.82, 2.24) is 0 Å². The lowest BCUT2D eigenvalue weighted by Gasteiger charge is -1.97. The zero-order chi connectivity index (χ0) is 5.70. The Morgan fingerprint density at radius 2 is 2.43 bits per heavy atom. The molecule has 0 fully saturated rings. The van der Waals surface area contributed by atoms with E-state index in [1.165, 1.54) is 0 Å². The van der Waals surface area contributed by atoms with Crippen molar-refractivity contribution in [3.05, 3.63) is 0 Å². The molecule has 3 heteroatoms. The maximum absolute atomic E-state index is 4.98. The summed E-state index contributed by atoms with van der Waals surface area (Å²) in [5.74, 6) is 0. The topological polar surface area (TPSA) is 9.23 Å². The molecule has 0 atom stereocenters. The molecule has 0 unspecified atom stereocenters. The molecule has 0 aliphatic heterocycles. The first kappa shape index (κ1) is 7.11. The smallest absolute Gasteiger partial charge is 0.158 e. The monoisotopic (exact) mass is 134 g/mol. The third-order valence-electron chi connectivity index (χ3n) is 0.594. The van der Waals surface area contributed by atoms with Crippen LogP contribution in [0, 0.1) is 0 Å². The minimum absolute atomic E-state index is 0.745. The fourth-order valence-corrected chi connectivity index (χ4v) is 0.939. The standard InChI is InChI=1S/C4H10OSSi/c1-2-4(6)5-3-7/h2-3H2,1,7H3. The summed E-state index contributed by atoms with van der Waals surface area (Å²) in [7, 11) is 1.08. The summed E-state index contributed by atoms with van der Waals surface area (Å²) >= 11 is 4.75. The third-order valence-corrected chi connectivity index (χ3v) is 1.29. The van der Waals surface area contributed by atoms with Gasteiger partial charge in [-0.3, -0.25) is 0 Å². The van der Waals surface area contributed by atoms with Crippen molar-refractivity contribution in [3.63, 3.8) is 0 Å². The third kappa shape index (κ3) is 3.95. The van der Waals surface area contributed by atoms with Gasteiger partial charge in [0.1, 0.15) is 0 Å². The van der Waals surface area contributed by atoms with Gasteiger partial charge in [0.05, 0.1) is 16.5 Å². The van der Waals surface area contributed by atoms with E-state index < -0.39 is 0 Å². The van der Waals surface area contributed by atoms with Crippen molar-refractivity contribution >= 4 is 27.5 Å². The Hall–Kier alpha value is 0.107. The molecule has 0 aromatic heterocycles. The molecule has 0 rings (SSSR count). The van der Waals surface area contributed by atoms with Crippen LogP contribution in [0.2, 0.25) is 0 Å². The van der Waals surface area contributed by atoms with Crippen LogP contribution in [0.3, 0.4) is 0 Å². The molecule has 0 saturated heterocycles. The molecule has 0 aliphatic rings. The van der Waals surface area contributed by atoms with Crippen LogP contribution in [0.4, 0.5) is 0 Å². The van der Waals surface area contributed by atoms with Crippen molar-refractivity contribution in [2.45, 2.75) is 13.3 Å². The highest BCUT2D eigenvalue weighted by atomic mass is 32.1. The maximum Gasteiger partial charge on any atom is 0.158 e. The summed E-state index contributed by atoms with van der Waals surface area (Å²) in [6, 6.07) is 0. The first-order chi connectivity index (χ1) is 3.31. The fourth-order valence-electron chi connectivity index (χ4n) is 0.263. The largest absolute Gasteiger partial charge is 0.492 e. The molecule has 42 valence electrons. The Balaban J connectivity index is 3.00. The lowest BCUT2D eigenvalue weighted by Crippen LogP contribution is -1.99. The van der Waals surface area contributed by atoms with Crippen molar-refractivity contribution in [2.75, 3.05) is 6.23 Å². The molecule has 1 nitrogen and oxygen atoms in total.